The molecule has 0 saturated heterocycles. The predicted octanol–water partition coefficient (Wildman–Crippen LogP) is 5.41. The van der Waals surface area contributed by atoms with Crippen LogP contribution in [0.1, 0.15) is 19.4 Å². The fourth-order valence-electron chi connectivity index (χ4n) is 2.95. The number of halogens is 1. The monoisotopic (exact) mass is 396 g/mol. The molecule has 0 spiro atoms. The molecule has 24 heavy (non-hydrogen) atoms. The largest absolute Gasteiger partial charge is 0.0625 e. The van der Waals surface area contributed by atoms with Crippen LogP contribution in [0, 0.1) is 5.92 Å². The summed E-state index contributed by atoms with van der Waals surface area (Å²) in [6.45, 7) is 4.58. The molecular weight excluding hydrogens is 375 g/mol. The number of hydrogen-bond acceptors (Lipinski definition) is 0. The van der Waals surface area contributed by atoms with Crippen LogP contribution in [0.2, 0.25) is 0 Å². The summed E-state index contributed by atoms with van der Waals surface area (Å²) >= 11 is 3.80. The van der Waals surface area contributed by atoms with Crippen molar-refractivity contribution in [2.45, 2.75) is 20.3 Å². The van der Waals surface area contributed by atoms with Crippen LogP contribution in [0.3, 0.4) is 0 Å². The third kappa shape index (κ3) is 3.97. The Bertz CT molecular complexity index is 742. The first-order valence-electron chi connectivity index (χ1n) is 8.34. The van der Waals surface area contributed by atoms with E-state index in [1.54, 1.807) is 0 Å². The van der Waals surface area contributed by atoms with E-state index in [1.807, 2.05) is 0 Å². The summed E-state index contributed by atoms with van der Waals surface area (Å²) in [6, 6.07) is 28.5. The van der Waals surface area contributed by atoms with Crippen molar-refractivity contribution in [2.24, 2.45) is 5.92 Å². The molecule has 3 rings (SSSR count). The van der Waals surface area contributed by atoms with Gasteiger partial charge in [0, 0.05) is 4.47 Å². The van der Waals surface area contributed by atoms with E-state index in [4.69, 9.17) is 0 Å². The maximum atomic E-state index is 3.80. The summed E-state index contributed by atoms with van der Waals surface area (Å²) in [5.74, 6) is 0.630. The van der Waals surface area contributed by atoms with E-state index in [0.29, 0.717) is 5.92 Å². The summed E-state index contributed by atoms with van der Waals surface area (Å²) in [4.78, 5) is 0. The van der Waals surface area contributed by atoms with Gasteiger partial charge in [0.25, 0.3) is 0 Å². The minimum absolute atomic E-state index is 0.544. The van der Waals surface area contributed by atoms with Gasteiger partial charge < -0.3 is 0 Å². The van der Waals surface area contributed by atoms with E-state index in [2.05, 4.69) is 109 Å². The van der Waals surface area contributed by atoms with E-state index in [-0.39, 0.29) is 0 Å². The highest BCUT2D eigenvalue weighted by atomic mass is 79.9. The van der Waals surface area contributed by atoms with E-state index < -0.39 is 7.92 Å². The van der Waals surface area contributed by atoms with Crippen molar-refractivity contribution in [3.63, 3.8) is 0 Å². The minimum Gasteiger partial charge on any atom is -0.0625 e. The van der Waals surface area contributed by atoms with Crippen molar-refractivity contribution in [3.05, 3.63) is 88.9 Å². The van der Waals surface area contributed by atoms with Crippen LogP contribution in [0.25, 0.3) is 0 Å². The second kappa shape index (κ2) is 8.10. The molecule has 0 N–H and O–H groups in total. The molecule has 0 saturated carbocycles. The van der Waals surface area contributed by atoms with Crippen LogP contribution in [-0.2, 0) is 6.42 Å². The summed E-state index contributed by atoms with van der Waals surface area (Å²) in [5.41, 5.74) is 1.45. The zero-order valence-electron chi connectivity index (χ0n) is 14.1. The Hall–Kier alpha value is -1.43. The van der Waals surface area contributed by atoms with Crippen molar-refractivity contribution in [3.8, 4) is 0 Å². The molecule has 0 aromatic heterocycles. The highest BCUT2D eigenvalue weighted by Gasteiger charge is 2.20. The molecule has 0 atom stereocenters. The van der Waals surface area contributed by atoms with Gasteiger partial charge in [-0.15, -0.1) is 0 Å². The molecule has 0 bridgehead atoms. The average molecular weight is 397 g/mol. The van der Waals surface area contributed by atoms with Gasteiger partial charge in [0.05, 0.1) is 0 Å². The Balaban J connectivity index is 2.19. The van der Waals surface area contributed by atoms with E-state index in [1.165, 1.54) is 25.9 Å². The van der Waals surface area contributed by atoms with Gasteiger partial charge in [0.1, 0.15) is 0 Å². The van der Waals surface area contributed by atoms with Gasteiger partial charge in [-0.1, -0.05) is 103 Å². The van der Waals surface area contributed by atoms with Crippen molar-refractivity contribution >= 4 is 39.8 Å². The Morgan fingerprint density at radius 1 is 0.750 bits per heavy atom. The topological polar surface area (TPSA) is 0 Å². The maximum Gasteiger partial charge on any atom is 0.0213 e. The number of benzene rings is 3. The molecule has 3 aromatic carbocycles. The van der Waals surface area contributed by atoms with Crippen LogP contribution in [0.5, 0.6) is 0 Å². The van der Waals surface area contributed by atoms with Crippen molar-refractivity contribution in [1.82, 2.24) is 0 Å². The van der Waals surface area contributed by atoms with E-state index in [9.17, 15) is 0 Å². The van der Waals surface area contributed by atoms with Crippen LogP contribution in [0.15, 0.2) is 83.3 Å². The smallest absolute Gasteiger partial charge is 0.0213 e. The van der Waals surface area contributed by atoms with Gasteiger partial charge in [0.2, 0.25) is 0 Å². The quantitative estimate of drug-likeness (QED) is 0.506. The highest BCUT2D eigenvalue weighted by molar-refractivity contribution is 9.10. The zero-order chi connectivity index (χ0) is 16.9. The fourth-order valence-corrected chi connectivity index (χ4v) is 6.14. The van der Waals surface area contributed by atoms with Crippen LogP contribution < -0.4 is 15.9 Å². The Labute approximate surface area is 154 Å². The van der Waals surface area contributed by atoms with Crippen LogP contribution in [0.4, 0.5) is 0 Å². The Morgan fingerprint density at radius 3 is 1.79 bits per heavy atom. The lowest BCUT2D eigenvalue weighted by molar-refractivity contribution is 0.648. The second-order valence-corrected chi connectivity index (χ2v) is 9.38. The number of hydrogen-bond donors (Lipinski definition) is 0. The normalized spacial score (nSPS) is 11.2. The zero-order valence-corrected chi connectivity index (χ0v) is 16.6. The summed E-state index contributed by atoms with van der Waals surface area (Å²) in [6.07, 6.45) is 1.09. The maximum absolute atomic E-state index is 3.80. The molecule has 0 heterocycles. The molecule has 3 aromatic rings. The van der Waals surface area contributed by atoms with Gasteiger partial charge in [-0.25, -0.2) is 0 Å². The molecule has 0 aliphatic heterocycles. The fraction of sp³-hybridized carbons (Fsp3) is 0.182. The molecule has 0 unspecified atom stereocenters. The first-order chi connectivity index (χ1) is 11.7. The van der Waals surface area contributed by atoms with Gasteiger partial charge >= 0.3 is 0 Å². The molecule has 0 fully saturated rings. The Kier molecular flexibility index (Phi) is 5.87. The molecule has 0 radical (unpaired) electrons. The molecule has 0 aliphatic rings. The summed E-state index contributed by atoms with van der Waals surface area (Å²) in [5, 5.41) is 4.27. The van der Waals surface area contributed by atoms with E-state index in [0.717, 1.165) is 6.42 Å². The minimum atomic E-state index is -0.544. The van der Waals surface area contributed by atoms with Crippen molar-refractivity contribution in [2.75, 3.05) is 0 Å². The van der Waals surface area contributed by atoms with Crippen LogP contribution in [-0.4, -0.2) is 0 Å². The van der Waals surface area contributed by atoms with Gasteiger partial charge in [-0.05, 0) is 47.8 Å². The summed E-state index contributed by atoms with van der Waals surface area (Å²) in [7, 11) is -0.544. The van der Waals surface area contributed by atoms with Crippen LogP contribution >= 0.6 is 23.9 Å². The SMILES string of the molecule is CC(C)Cc1c(Br)cccc1P(c1ccccc1)c1ccccc1. The molecule has 0 aliphatic carbocycles. The Morgan fingerprint density at radius 2 is 1.29 bits per heavy atom. The molecular formula is C22H22BrP. The first kappa shape index (κ1) is 17.4. The lowest BCUT2D eigenvalue weighted by Crippen LogP contribution is -2.24. The molecule has 0 amide bonds. The van der Waals surface area contributed by atoms with E-state index >= 15 is 0 Å². The first-order valence-corrected chi connectivity index (χ1v) is 10.5. The van der Waals surface area contributed by atoms with Gasteiger partial charge in [0.15, 0.2) is 0 Å². The third-order valence-corrected chi connectivity index (χ3v) is 7.25. The lowest BCUT2D eigenvalue weighted by Gasteiger charge is -2.24. The molecule has 122 valence electrons. The number of rotatable bonds is 5. The average Bonchev–Trinajstić information content (AvgIpc) is 2.60. The van der Waals surface area contributed by atoms with Crippen molar-refractivity contribution in [1.29, 1.82) is 0 Å². The van der Waals surface area contributed by atoms with Crippen molar-refractivity contribution < 1.29 is 0 Å². The van der Waals surface area contributed by atoms with Gasteiger partial charge in [-0.3, -0.25) is 0 Å². The predicted molar refractivity (Wildman–Crippen MR) is 111 cm³/mol. The molecule has 0 nitrogen and oxygen atoms in total. The summed E-state index contributed by atoms with van der Waals surface area (Å²) < 4.78 is 1.23. The lowest BCUT2D eigenvalue weighted by atomic mass is 10.0. The molecule has 2 heteroatoms. The van der Waals surface area contributed by atoms with Gasteiger partial charge in [-0.2, -0.15) is 0 Å². The highest BCUT2D eigenvalue weighted by Crippen LogP contribution is 2.36. The standard InChI is InChI=1S/C22H22BrP/c1-17(2)16-20-21(23)14-9-15-22(20)24(18-10-5-3-6-11-18)19-12-7-4-8-13-19/h3-15,17H,16H2,1-2H3. The third-order valence-electron chi connectivity index (χ3n) is 3.98. The second-order valence-electron chi connectivity index (χ2n) is 6.34.